The number of esters is 1. The van der Waals surface area contributed by atoms with Gasteiger partial charge in [0.25, 0.3) is 0 Å². The Morgan fingerprint density at radius 2 is 2.05 bits per heavy atom. The average Bonchev–Trinajstić information content (AvgIpc) is 3.22. The molecule has 4 unspecified atom stereocenters. The third kappa shape index (κ3) is 4.65. The molecular weight excluding hydrogens is 288 g/mol. The van der Waals surface area contributed by atoms with Gasteiger partial charge in [0.1, 0.15) is 6.10 Å². The molecule has 1 heterocycles. The van der Waals surface area contributed by atoms with Crippen LogP contribution >= 0.6 is 0 Å². The van der Waals surface area contributed by atoms with Crippen molar-refractivity contribution in [2.75, 3.05) is 6.61 Å². The van der Waals surface area contributed by atoms with Crippen molar-refractivity contribution < 1.29 is 29.2 Å². The maximum atomic E-state index is 11.6. The summed E-state index contributed by atoms with van der Waals surface area (Å²) in [7, 11) is 0. The molecule has 0 aromatic carbocycles. The van der Waals surface area contributed by atoms with Gasteiger partial charge in [0, 0.05) is 6.42 Å². The van der Waals surface area contributed by atoms with Gasteiger partial charge in [0.2, 0.25) is 0 Å². The second-order valence-corrected chi connectivity index (χ2v) is 6.46. The van der Waals surface area contributed by atoms with Crippen LogP contribution in [0.1, 0.15) is 46.5 Å². The van der Waals surface area contributed by atoms with Gasteiger partial charge in [0.05, 0.1) is 30.8 Å². The monoisotopic (exact) mass is 316 g/mol. The van der Waals surface area contributed by atoms with Gasteiger partial charge in [-0.05, 0) is 46.0 Å². The lowest BCUT2D eigenvalue weighted by Gasteiger charge is -2.36. The van der Waals surface area contributed by atoms with Crippen LogP contribution in [0.15, 0.2) is 0 Å². The number of hydrogen-bond acceptors (Lipinski definition) is 6. The summed E-state index contributed by atoms with van der Waals surface area (Å²) >= 11 is 0. The fraction of sp³-hybridized carbons (Fsp3) is 0.938. The Labute approximate surface area is 131 Å². The quantitative estimate of drug-likeness (QED) is 0.687. The number of ether oxygens (including phenoxy) is 3. The van der Waals surface area contributed by atoms with Crippen LogP contribution < -0.4 is 0 Å². The van der Waals surface area contributed by atoms with Gasteiger partial charge in [-0.2, -0.15) is 0 Å². The minimum Gasteiger partial charge on any atom is -0.466 e. The molecule has 6 nitrogen and oxygen atoms in total. The molecule has 0 amide bonds. The number of hydrogen-bond donors (Lipinski definition) is 2. The van der Waals surface area contributed by atoms with E-state index in [-0.39, 0.29) is 30.5 Å². The molecule has 22 heavy (non-hydrogen) atoms. The number of aliphatic hydroxyl groups excluding tert-OH is 2. The number of carbonyl (C=O) groups excluding carboxylic acids is 1. The van der Waals surface area contributed by atoms with Gasteiger partial charge in [-0.25, -0.2) is 0 Å². The van der Waals surface area contributed by atoms with Gasteiger partial charge < -0.3 is 24.4 Å². The Morgan fingerprint density at radius 1 is 1.32 bits per heavy atom. The maximum absolute atomic E-state index is 11.6. The van der Waals surface area contributed by atoms with Gasteiger partial charge in [0.15, 0.2) is 6.29 Å². The average molecular weight is 316 g/mol. The fourth-order valence-corrected chi connectivity index (χ4v) is 2.92. The zero-order valence-corrected chi connectivity index (χ0v) is 13.6. The van der Waals surface area contributed by atoms with E-state index in [1.54, 1.807) is 6.92 Å². The van der Waals surface area contributed by atoms with E-state index in [1.165, 1.54) is 0 Å². The molecule has 0 spiro atoms. The summed E-state index contributed by atoms with van der Waals surface area (Å²) in [6, 6.07) is 0. The Morgan fingerprint density at radius 3 is 2.73 bits per heavy atom. The number of carbonyl (C=O) groups is 1. The van der Waals surface area contributed by atoms with E-state index >= 15 is 0 Å². The van der Waals surface area contributed by atoms with Crippen LogP contribution in [0.2, 0.25) is 0 Å². The lowest BCUT2D eigenvalue weighted by atomic mass is 10.0. The van der Waals surface area contributed by atoms with Crippen LogP contribution in [0, 0.1) is 11.8 Å². The highest BCUT2D eigenvalue weighted by molar-refractivity contribution is 5.75. The molecule has 0 aromatic rings. The Bertz CT molecular complexity index is 374. The van der Waals surface area contributed by atoms with Crippen LogP contribution in [-0.2, 0) is 19.0 Å². The van der Waals surface area contributed by atoms with E-state index in [9.17, 15) is 15.0 Å². The van der Waals surface area contributed by atoms with Gasteiger partial charge in [-0.1, -0.05) is 0 Å². The molecule has 0 radical (unpaired) electrons. The first kappa shape index (κ1) is 17.7. The second kappa shape index (κ2) is 7.73. The lowest BCUT2D eigenvalue weighted by Crippen LogP contribution is -2.48. The van der Waals surface area contributed by atoms with Crippen molar-refractivity contribution in [3.05, 3.63) is 0 Å². The molecule has 0 bridgehead atoms. The lowest BCUT2D eigenvalue weighted by molar-refractivity contribution is -0.273. The van der Waals surface area contributed by atoms with Crippen molar-refractivity contribution in [1.29, 1.82) is 0 Å². The second-order valence-electron chi connectivity index (χ2n) is 6.46. The van der Waals surface area contributed by atoms with E-state index in [0.29, 0.717) is 12.5 Å². The molecule has 0 aromatic heterocycles. The molecule has 1 saturated carbocycles. The summed E-state index contributed by atoms with van der Waals surface area (Å²) in [5.74, 6) is 0.358. The summed E-state index contributed by atoms with van der Waals surface area (Å²) in [6.45, 7) is 5.96. The maximum Gasteiger partial charge on any atom is 0.309 e. The zero-order chi connectivity index (χ0) is 16.3. The Hall–Kier alpha value is -0.690. The van der Waals surface area contributed by atoms with Crippen LogP contribution in [0.4, 0.5) is 0 Å². The Kier molecular flexibility index (Phi) is 6.20. The van der Waals surface area contributed by atoms with Gasteiger partial charge in [-0.15, -0.1) is 0 Å². The highest BCUT2D eigenvalue weighted by atomic mass is 16.7. The SMILES string of the molecule is CCOC(=O)[C@@H]1C[C@H]1CC[C@@H](C)OC1OC(C)C(O)CC1O. The number of aliphatic hydroxyl groups is 2. The first-order chi connectivity index (χ1) is 10.4. The first-order valence-corrected chi connectivity index (χ1v) is 8.26. The molecule has 2 fully saturated rings. The molecule has 1 aliphatic carbocycles. The minimum atomic E-state index is -0.804. The molecule has 7 atom stereocenters. The normalized spacial score (nSPS) is 39.3. The minimum absolute atomic E-state index is 0.0545. The predicted octanol–water partition coefficient (Wildman–Crippen LogP) is 1.23. The van der Waals surface area contributed by atoms with Crippen LogP contribution in [-0.4, -0.2) is 53.5 Å². The predicted molar refractivity (Wildman–Crippen MR) is 79.0 cm³/mol. The fourth-order valence-electron chi connectivity index (χ4n) is 2.92. The van der Waals surface area contributed by atoms with Crippen molar-refractivity contribution in [3.8, 4) is 0 Å². The van der Waals surface area contributed by atoms with Crippen molar-refractivity contribution in [2.45, 2.75) is 77.2 Å². The zero-order valence-electron chi connectivity index (χ0n) is 13.6. The standard InChI is InChI=1S/C16H28O6/c1-4-20-15(19)12-7-11(12)6-5-9(2)21-16-14(18)8-13(17)10(3)22-16/h9-14,16-18H,4-8H2,1-3H3/t9-,10?,11-,12-,13?,14?,16?/m1/s1. The van der Waals surface area contributed by atoms with Crippen LogP contribution in [0.5, 0.6) is 0 Å². The molecular formula is C16H28O6. The third-order valence-corrected chi connectivity index (χ3v) is 4.51. The van der Waals surface area contributed by atoms with Gasteiger partial charge in [-0.3, -0.25) is 4.79 Å². The Balaban J connectivity index is 1.66. The molecule has 1 saturated heterocycles. The summed E-state index contributed by atoms with van der Waals surface area (Å²) in [5.41, 5.74) is 0. The van der Waals surface area contributed by atoms with Crippen molar-refractivity contribution in [2.24, 2.45) is 11.8 Å². The van der Waals surface area contributed by atoms with E-state index in [4.69, 9.17) is 14.2 Å². The molecule has 1 aliphatic heterocycles. The van der Waals surface area contributed by atoms with E-state index < -0.39 is 18.5 Å². The van der Waals surface area contributed by atoms with Crippen LogP contribution in [0.25, 0.3) is 0 Å². The highest BCUT2D eigenvalue weighted by Gasteiger charge is 2.44. The summed E-state index contributed by atoms with van der Waals surface area (Å²) in [6.07, 6.45) is 0.346. The smallest absolute Gasteiger partial charge is 0.309 e. The number of rotatable bonds is 7. The van der Waals surface area contributed by atoms with Crippen molar-refractivity contribution in [1.82, 2.24) is 0 Å². The van der Waals surface area contributed by atoms with Crippen molar-refractivity contribution in [3.63, 3.8) is 0 Å². The topological polar surface area (TPSA) is 85.2 Å². The summed E-state index contributed by atoms with van der Waals surface area (Å²) < 4.78 is 16.3. The molecule has 2 rings (SSSR count). The van der Waals surface area contributed by atoms with E-state index in [0.717, 1.165) is 19.3 Å². The molecule has 6 heteroatoms. The molecule has 128 valence electrons. The largest absolute Gasteiger partial charge is 0.466 e. The van der Waals surface area contributed by atoms with E-state index in [2.05, 4.69) is 0 Å². The highest BCUT2D eigenvalue weighted by Crippen LogP contribution is 2.43. The summed E-state index contributed by atoms with van der Waals surface area (Å²) in [5, 5.41) is 19.5. The summed E-state index contributed by atoms with van der Waals surface area (Å²) in [4.78, 5) is 11.6. The molecule has 2 aliphatic rings. The van der Waals surface area contributed by atoms with Crippen LogP contribution in [0.3, 0.4) is 0 Å². The first-order valence-electron chi connectivity index (χ1n) is 8.26. The van der Waals surface area contributed by atoms with Crippen molar-refractivity contribution >= 4 is 5.97 Å². The van der Waals surface area contributed by atoms with Gasteiger partial charge >= 0.3 is 5.97 Å². The third-order valence-electron chi connectivity index (χ3n) is 4.51. The molecule has 2 N–H and O–H groups in total. The van der Waals surface area contributed by atoms with E-state index in [1.807, 2.05) is 13.8 Å².